The van der Waals surface area contributed by atoms with E-state index in [2.05, 4.69) is 29.4 Å². The Morgan fingerprint density at radius 1 is 1.40 bits per heavy atom. The van der Waals surface area contributed by atoms with E-state index in [1.54, 1.807) is 0 Å². The van der Waals surface area contributed by atoms with Crippen LogP contribution < -0.4 is 5.32 Å². The van der Waals surface area contributed by atoms with E-state index in [0.29, 0.717) is 0 Å². The smallest absolute Gasteiger partial charge is 0.125 e. The summed E-state index contributed by atoms with van der Waals surface area (Å²) in [6, 6.07) is 4.21. The van der Waals surface area contributed by atoms with Crippen LogP contribution in [0.2, 0.25) is 0 Å². The van der Waals surface area contributed by atoms with Gasteiger partial charge in [-0.2, -0.15) is 11.8 Å². The SMILES string of the molecule is CCCCCSCc1ccnc(NC)c1. The second kappa shape index (κ2) is 7.57. The second-order valence-corrected chi connectivity index (χ2v) is 4.66. The molecule has 0 saturated heterocycles. The number of unbranched alkanes of at least 4 members (excludes halogenated alkanes) is 2. The number of aromatic nitrogens is 1. The van der Waals surface area contributed by atoms with Gasteiger partial charge in [-0.3, -0.25) is 0 Å². The van der Waals surface area contributed by atoms with E-state index in [1.165, 1.54) is 30.6 Å². The summed E-state index contributed by atoms with van der Waals surface area (Å²) in [4.78, 5) is 4.20. The molecular weight excluding hydrogens is 204 g/mol. The van der Waals surface area contributed by atoms with Gasteiger partial charge < -0.3 is 5.32 Å². The summed E-state index contributed by atoms with van der Waals surface area (Å²) < 4.78 is 0. The summed E-state index contributed by atoms with van der Waals surface area (Å²) >= 11 is 2.01. The molecule has 0 saturated carbocycles. The molecule has 0 aliphatic heterocycles. The fourth-order valence-corrected chi connectivity index (χ4v) is 2.31. The lowest BCUT2D eigenvalue weighted by Gasteiger charge is -2.03. The third-order valence-corrected chi connectivity index (χ3v) is 3.36. The number of nitrogens with one attached hydrogen (secondary N) is 1. The Kier molecular flexibility index (Phi) is 6.25. The Labute approximate surface area is 96.9 Å². The fourth-order valence-electron chi connectivity index (χ4n) is 1.34. The molecule has 84 valence electrons. The largest absolute Gasteiger partial charge is 0.373 e. The van der Waals surface area contributed by atoms with Crippen molar-refractivity contribution < 1.29 is 0 Å². The molecular formula is C12H20N2S. The molecule has 0 bridgehead atoms. The molecule has 0 unspecified atom stereocenters. The monoisotopic (exact) mass is 224 g/mol. The highest BCUT2D eigenvalue weighted by Crippen LogP contribution is 2.15. The van der Waals surface area contributed by atoms with Crippen LogP contribution in [0.1, 0.15) is 31.7 Å². The summed E-state index contributed by atoms with van der Waals surface area (Å²) in [5.74, 6) is 3.33. The van der Waals surface area contributed by atoms with Crippen molar-refractivity contribution in [2.45, 2.75) is 31.9 Å². The number of anilines is 1. The molecule has 0 radical (unpaired) electrons. The Morgan fingerprint density at radius 3 is 3.00 bits per heavy atom. The lowest BCUT2D eigenvalue weighted by molar-refractivity contribution is 0.778. The van der Waals surface area contributed by atoms with Gasteiger partial charge >= 0.3 is 0 Å². The molecule has 1 heterocycles. The molecule has 1 rings (SSSR count). The minimum Gasteiger partial charge on any atom is -0.373 e. The Morgan fingerprint density at radius 2 is 2.27 bits per heavy atom. The van der Waals surface area contributed by atoms with Gasteiger partial charge in [0, 0.05) is 19.0 Å². The number of hydrogen-bond acceptors (Lipinski definition) is 3. The highest BCUT2D eigenvalue weighted by molar-refractivity contribution is 7.98. The van der Waals surface area contributed by atoms with Gasteiger partial charge in [-0.25, -0.2) is 4.98 Å². The average Bonchev–Trinajstić information content (AvgIpc) is 2.29. The van der Waals surface area contributed by atoms with Crippen LogP contribution >= 0.6 is 11.8 Å². The van der Waals surface area contributed by atoms with Gasteiger partial charge in [0.1, 0.15) is 5.82 Å². The van der Waals surface area contributed by atoms with E-state index in [-0.39, 0.29) is 0 Å². The van der Waals surface area contributed by atoms with E-state index in [1.807, 2.05) is 25.0 Å². The van der Waals surface area contributed by atoms with E-state index < -0.39 is 0 Å². The van der Waals surface area contributed by atoms with Crippen LogP contribution in [-0.2, 0) is 5.75 Å². The van der Waals surface area contributed by atoms with Crippen molar-refractivity contribution in [1.82, 2.24) is 4.98 Å². The predicted molar refractivity (Wildman–Crippen MR) is 69.5 cm³/mol. The third-order valence-electron chi connectivity index (χ3n) is 2.24. The Hall–Kier alpha value is -0.700. The number of nitrogens with zero attached hydrogens (tertiary/aromatic N) is 1. The Balaban J connectivity index is 2.24. The van der Waals surface area contributed by atoms with Crippen LogP contribution in [0.4, 0.5) is 5.82 Å². The first kappa shape index (κ1) is 12.4. The zero-order valence-electron chi connectivity index (χ0n) is 9.62. The number of pyridine rings is 1. The van der Waals surface area contributed by atoms with E-state index in [0.717, 1.165) is 11.6 Å². The molecule has 0 aromatic carbocycles. The molecule has 1 aromatic heterocycles. The predicted octanol–water partition coefficient (Wildman–Crippen LogP) is 3.55. The number of rotatable bonds is 7. The van der Waals surface area contributed by atoms with Crippen LogP contribution in [-0.4, -0.2) is 17.8 Å². The van der Waals surface area contributed by atoms with Crippen molar-refractivity contribution >= 4 is 17.6 Å². The Bertz CT molecular complexity index is 276. The maximum Gasteiger partial charge on any atom is 0.125 e. The second-order valence-electron chi connectivity index (χ2n) is 3.56. The first-order valence-corrected chi connectivity index (χ1v) is 6.72. The van der Waals surface area contributed by atoms with Crippen LogP contribution in [0.25, 0.3) is 0 Å². The lowest BCUT2D eigenvalue weighted by Crippen LogP contribution is -1.93. The van der Waals surface area contributed by atoms with E-state index in [4.69, 9.17) is 0 Å². The molecule has 0 atom stereocenters. The fraction of sp³-hybridized carbons (Fsp3) is 0.583. The van der Waals surface area contributed by atoms with Crippen LogP contribution in [0.5, 0.6) is 0 Å². The van der Waals surface area contributed by atoms with Gasteiger partial charge in [0.05, 0.1) is 0 Å². The zero-order chi connectivity index (χ0) is 10.9. The van der Waals surface area contributed by atoms with Crippen molar-refractivity contribution in [2.75, 3.05) is 18.1 Å². The van der Waals surface area contributed by atoms with Gasteiger partial charge in [0.15, 0.2) is 0 Å². The van der Waals surface area contributed by atoms with Crippen LogP contribution in [0.3, 0.4) is 0 Å². The summed E-state index contributed by atoms with van der Waals surface area (Å²) in [6.45, 7) is 2.24. The highest BCUT2D eigenvalue weighted by atomic mass is 32.2. The molecule has 0 fully saturated rings. The van der Waals surface area contributed by atoms with Crippen molar-refractivity contribution in [1.29, 1.82) is 0 Å². The number of thioether (sulfide) groups is 1. The summed E-state index contributed by atoms with van der Waals surface area (Å²) in [5, 5.41) is 3.06. The van der Waals surface area contributed by atoms with Gasteiger partial charge in [-0.05, 0) is 29.9 Å². The molecule has 1 aromatic rings. The van der Waals surface area contributed by atoms with Gasteiger partial charge in [0.2, 0.25) is 0 Å². The van der Waals surface area contributed by atoms with E-state index in [9.17, 15) is 0 Å². The highest BCUT2D eigenvalue weighted by Gasteiger charge is 1.96. The first-order chi connectivity index (χ1) is 7.36. The lowest BCUT2D eigenvalue weighted by atomic mass is 10.3. The molecule has 0 spiro atoms. The minimum atomic E-state index is 0.960. The molecule has 15 heavy (non-hydrogen) atoms. The van der Waals surface area contributed by atoms with Crippen molar-refractivity contribution in [3.63, 3.8) is 0 Å². The molecule has 1 N–H and O–H groups in total. The van der Waals surface area contributed by atoms with Crippen LogP contribution in [0.15, 0.2) is 18.3 Å². The molecule has 0 amide bonds. The first-order valence-electron chi connectivity index (χ1n) is 5.57. The van der Waals surface area contributed by atoms with Crippen LogP contribution in [0, 0.1) is 0 Å². The van der Waals surface area contributed by atoms with Crippen molar-refractivity contribution in [2.24, 2.45) is 0 Å². The minimum absolute atomic E-state index is 0.960. The quantitative estimate of drug-likeness (QED) is 0.717. The summed E-state index contributed by atoms with van der Waals surface area (Å²) in [5.41, 5.74) is 1.36. The topological polar surface area (TPSA) is 24.9 Å². The van der Waals surface area contributed by atoms with Gasteiger partial charge in [0.25, 0.3) is 0 Å². The molecule has 0 aliphatic rings. The average molecular weight is 224 g/mol. The summed E-state index contributed by atoms with van der Waals surface area (Å²) in [7, 11) is 1.90. The van der Waals surface area contributed by atoms with Gasteiger partial charge in [-0.15, -0.1) is 0 Å². The standard InChI is InChI=1S/C12H20N2S/c1-3-4-5-8-15-10-11-6-7-14-12(9-11)13-2/h6-7,9H,3-5,8,10H2,1-2H3,(H,13,14). The van der Waals surface area contributed by atoms with Crippen molar-refractivity contribution in [3.8, 4) is 0 Å². The van der Waals surface area contributed by atoms with Gasteiger partial charge in [-0.1, -0.05) is 19.8 Å². The summed E-state index contributed by atoms with van der Waals surface area (Å²) in [6.07, 6.45) is 5.86. The van der Waals surface area contributed by atoms with E-state index >= 15 is 0 Å². The maximum atomic E-state index is 4.20. The third kappa shape index (κ3) is 5.07. The zero-order valence-corrected chi connectivity index (χ0v) is 10.4. The maximum absolute atomic E-state index is 4.20. The number of hydrogen-bond donors (Lipinski definition) is 1. The molecule has 2 nitrogen and oxygen atoms in total. The normalized spacial score (nSPS) is 10.3. The molecule has 3 heteroatoms. The van der Waals surface area contributed by atoms with Crippen molar-refractivity contribution in [3.05, 3.63) is 23.9 Å². The molecule has 0 aliphatic carbocycles.